The number of hydrogen-bond donors (Lipinski definition) is 1. The number of carbonyl (C=O) groups is 1. The van der Waals surface area contributed by atoms with Gasteiger partial charge in [-0.3, -0.25) is 4.79 Å². The molecule has 0 radical (unpaired) electrons. The lowest BCUT2D eigenvalue weighted by molar-refractivity contribution is -0.118. The Labute approximate surface area is 133 Å². The van der Waals surface area contributed by atoms with E-state index in [0.29, 0.717) is 6.42 Å². The fourth-order valence-corrected chi connectivity index (χ4v) is 3.07. The van der Waals surface area contributed by atoms with Gasteiger partial charge in [0.05, 0.1) is 12.5 Å². The summed E-state index contributed by atoms with van der Waals surface area (Å²) in [6.45, 7) is 2.07. The van der Waals surface area contributed by atoms with Gasteiger partial charge in [0, 0.05) is 22.9 Å². The van der Waals surface area contributed by atoms with E-state index in [1.807, 2.05) is 31.3 Å². The number of rotatable bonds is 2. The van der Waals surface area contributed by atoms with Crippen molar-refractivity contribution in [1.82, 2.24) is 0 Å². The van der Waals surface area contributed by atoms with Gasteiger partial charge in [0.25, 0.3) is 0 Å². The summed E-state index contributed by atoms with van der Waals surface area (Å²) in [6, 6.07) is 14.2. The Balaban J connectivity index is 1.98. The monoisotopic (exact) mass is 344 g/mol. The Kier molecular flexibility index (Phi) is 3.72. The molecule has 0 aliphatic carbocycles. The molecule has 2 aromatic rings. The van der Waals surface area contributed by atoms with Crippen molar-refractivity contribution in [1.29, 1.82) is 0 Å². The van der Waals surface area contributed by atoms with E-state index in [1.54, 1.807) is 4.90 Å². The van der Waals surface area contributed by atoms with Crippen LogP contribution >= 0.6 is 15.9 Å². The highest BCUT2D eigenvalue weighted by atomic mass is 79.9. The summed E-state index contributed by atoms with van der Waals surface area (Å²) in [7, 11) is 1.84. The van der Waals surface area contributed by atoms with Crippen LogP contribution in [-0.4, -0.2) is 13.0 Å². The average Bonchev–Trinajstić information content (AvgIpc) is 2.48. The van der Waals surface area contributed by atoms with Crippen LogP contribution in [0.1, 0.15) is 23.6 Å². The van der Waals surface area contributed by atoms with Gasteiger partial charge in [0.1, 0.15) is 0 Å². The van der Waals surface area contributed by atoms with Crippen LogP contribution in [0, 0.1) is 6.92 Å². The molecule has 0 aromatic heterocycles. The molecule has 0 bridgehead atoms. The first kappa shape index (κ1) is 14.1. The Morgan fingerprint density at radius 3 is 2.81 bits per heavy atom. The lowest BCUT2D eigenvalue weighted by Crippen LogP contribution is -2.35. The molecule has 1 aliphatic heterocycles. The normalized spacial score (nSPS) is 17.6. The molecule has 0 spiro atoms. The molecule has 2 aromatic carbocycles. The number of carbonyl (C=O) groups excluding carboxylic acids is 1. The van der Waals surface area contributed by atoms with Crippen LogP contribution in [-0.2, 0) is 4.79 Å². The number of nitrogens with zero attached hydrogens (tertiary/aromatic N) is 1. The molecular formula is C17H17BrN2O. The summed E-state index contributed by atoms with van der Waals surface area (Å²) in [5.74, 6) is 0.138. The third-order valence-electron chi connectivity index (χ3n) is 3.96. The smallest absolute Gasteiger partial charge is 0.229 e. The van der Waals surface area contributed by atoms with Crippen LogP contribution in [0.25, 0.3) is 0 Å². The van der Waals surface area contributed by atoms with Crippen molar-refractivity contribution in [3.05, 3.63) is 58.1 Å². The second kappa shape index (κ2) is 5.53. The number of halogens is 1. The highest BCUT2D eigenvalue weighted by Crippen LogP contribution is 2.36. The number of fused-ring (bicyclic) bond motifs is 1. The van der Waals surface area contributed by atoms with Gasteiger partial charge in [-0.1, -0.05) is 40.2 Å². The minimum Gasteiger partial charge on any atom is -0.377 e. The van der Waals surface area contributed by atoms with E-state index < -0.39 is 0 Å². The van der Waals surface area contributed by atoms with Gasteiger partial charge in [-0.25, -0.2) is 0 Å². The van der Waals surface area contributed by atoms with Crippen LogP contribution in [0.3, 0.4) is 0 Å². The zero-order valence-electron chi connectivity index (χ0n) is 12.1. The van der Waals surface area contributed by atoms with Crippen LogP contribution in [0.15, 0.2) is 46.9 Å². The standard InChI is InChI=1S/C17H17BrN2O/c1-11-7-8-12(18)9-14(11)19-15-10-17(21)20(2)16-6-4-3-5-13(15)16/h3-9,15,19H,10H2,1-2H3. The quantitative estimate of drug-likeness (QED) is 0.881. The molecule has 108 valence electrons. The number of hydrogen-bond acceptors (Lipinski definition) is 2. The first-order valence-electron chi connectivity index (χ1n) is 6.94. The Morgan fingerprint density at radius 1 is 1.24 bits per heavy atom. The second-order valence-corrected chi connectivity index (χ2v) is 6.29. The van der Waals surface area contributed by atoms with Crippen molar-refractivity contribution in [2.75, 3.05) is 17.3 Å². The molecule has 4 heteroatoms. The minimum atomic E-state index is 0.0119. The highest BCUT2D eigenvalue weighted by molar-refractivity contribution is 9.10. The average molecular weight is 345 g/mol. The van der Waals surface area contributed by atoms with Crippen molar-refractivity contribution in [3.63, 3.8) is 0 Å². The lowest BCUT2D eigenvalue weighted by Gasteiger charge is -2.32. The topological polar surface area (TPSA) is 32.3 Å². The van der Waals surface area contributed by atoms with Gasteiger partial charge in [0.15, 0.2) is 0 Å². The van der Waals surface area contributed by atoms with Crippen LogP contribution < -0.4 is 10.2 Å². The zero-order valence-corrected chi connectivity index (χ0v) is 13.6. The fourth-order valence-electron chi connectivity index (χ4n) is 2.71. The summed E-state index contributed by atoms with van der Waals surface area (Å²) in [6.07, 6.45) is 0.472. The fraction of sp³-hybridized carbons (Fsp3) is 0.235. The number of nitrogens with one attached hydrogen (secondary N) is 1. The van der Waals surface area contributed by atoms with Crippen molar-refractivity contribution in [2.24, 2.45) is 0 Å². The van der Waals surface area contributed by atoms with E-state index in [9.17, 15) is 4.79 Å². The summed E-state index contributed by atoms with van der Waals surface area (Å²) in [5.41, 5.74) is 4.38. The molecule has 1 heterocycles. The number of para-hydroxylation sites is 1. The summed E-state index contributed by atoms with van der Waals surface area (Å²) in [5, 5.41) is 3.52. The third-order valence-corrected chi connectivity index (χ3v) is 4.45. The second-order valence-electron chi connectivity index (χ2n) is 5.37. The molecule has 0 saturated carbocycles. The van der Waals surface area contributed by atoms with Crippen LogP contribution in [0.2, 0.25) is 0 Å². The highest BCUT2D eigenvalue weighted by Gasteiger charge is 2.28. The first-order chi connectivity index (χ1) is 10.1. The third kappa shape index (κ3) is 2.68. The number of aryl methyl sites for hydroxylation is 1. The molecule has 0 saturated heterocycles. The maximum absolute atomic E-state index is 12.2. The predicted molar refractivity (Wildman–Crippen MR) is 89.7 cm³/mol. The van der Waals surface area contributed by atoms with Gasteiger partial charge in [0.2, 0.25) is 5.91 Å². The van der Waals surface area contributed by atoms with Gasteiger partial charge in [-0.15, -0.1) is 0 Å². The van der Waals surface area contributed by atoms with E-state index >= 15 is 0 Å². The molecule has 0 fully saturated rings. The largest absolute Gasteiger partial charge is 0.377 e. The molecular weight excluding hydrogens is 328 g/mol. The van der Waals surface area contributed by atoms with E-state index in [0.717, 1.165) is 15.8 Å². The van der Waals surface area contributed by atoms with Crippen molar-refractivity contribution in [3.8, 4) is 0 Å². The van der Waals surface area contributed by atoms with Gasteiger partial charge < -0.3 is 10.2 Å². The van der Waals surface area contributed by atoms with Gasteiger partial charge >= 0.3 is 0 Å². The molecule has 1 aliphatic rings. The minimum absolute atomic E-state index is 0.0119. The molecule has 1 unspecified atom stereocenters. The Morgan fingerprint density at radius 2 is 2.00 bits per heavy atom. The predicted octanol–water partition coefficient (Wildman–Crippen LogP) is 4.28. The molecule has 1 amide bonds. The van der Waals surface area contributed by atoms with E-state index in [1.165, 1.54) is 11.1 Å². The van der Waals surface area contributed by atoms with Crippen molar-refractivity contribution < 1.29 is 4.79 Å². The summed E-state index contributed by atoms with van der Waals surface area (Å²) >= 11 is 3.50. The number of anilines is 2. The molecule has 1 N–H and O–H groups in total. The summed E-state index contributed by atoms with van der Waals surface area (Å²) in [4.78, 5) is 13.9. The first-order valence-corrected chi connectivity index (χ1v) is 7.74. The molecule has 3 rings (SSSR count). The van der Waals surface area contributed by atoms with Gasteiger partial charge in [-0.2, -0.15) is 0 Å². The summed E-state index contributed by atoms with van der Waals surface area (Å²) < 4.78 is 1.03. The molecule has 21 heavy (non-hydrogen) atoms. The zero-order chi connectivity index (χ0) is 15.0. The van der Waals surface area contributed by atoms with E-state index in [-0.39, 0.29) is 11.9 Å². The Bertz CT molecular complexity index is 699. The SMILES string of the molecule is Cc1ccc(Br)cc1NC1CC(=O)N(C)c2ccccc21. The Hall–Kier alpha value is -1.81. The molecule has 3 nitrogen and oxygen atoms in total. The maximum atomic E-state index is 12.2. The van der Waals surface area contributed by atoms with Crippen molar-refractivity contribution in [2.45, 2.75) is 19.4 Å². The lowest BCUT2D eigenvalue weighted by atomic mass is 9.95. The van der Waals surface area contributed by atoms with Crippen LogP contribution in [0.4, 0.5) is 11.4 Å². The number of amides is 1. The van der Waals surface area contributed by atoms with E-state index in [2.05, 4.69) is 46.4 Å². The number of benzene rings is 2. The van der Waals surface area contributed by atoms with Crippen LogP contribution in [0.5, 0.6) is 0 Å². The van der Waals surface area contributed by atoms with E-state index in [4.69, 9.17) is 0 Å². The maximum Gasteiger partial charge on any atom is 0.229 e. The molecule has 1 atom stereocenters. The van der Waals surface area contributed by atoms with Crippen molar-refractivity contribution >= 4 is 33.2 Å². The van der Waals surface area contributed by atoms with Gasteiger partial charge in [-0.05, 0) is 36.2 Å².